The molecule has 1 N–H and O–H groups in total. The minimum Gasteiger partial charge on any atom is -0.495 e. The summed E-state index contributed by atoms with van der Waals surface area (Å²) in [5.74, 6) is 0.0784. The van der Waals surface area contributed by atoms with Crippen molar-refractivity contribution < 1.29 is 22.7 Å². The Morgan fingerprint density at radius 3 is 2.41 bits per heavy atom. The Balaban J connectivity index is 1.64. The molecule has 32 heavy (non-hydrogen) atoms. The predicted octanol–water partition coefficient (Wildman–Crippen LogP) is 3.12. The van der Waals surface area contributed by atoms with Crippen molar-refractivity contribution in [1.29, 1.82) is 0 Å². The molecule has 3 rings (SSSR count). The van der Waals surface area contributed by atoms with Crippen LogP contribution in [-0.4, -0.2) is 58.1 Å². The van der Waals surface area contributed by atoms with Gasteiger partial charge >= 0.3 is 0 Å². The lowest BCUT2D eigenvalue weighted by Crippen LogP contribution is -2.32. The molecule has 2 aromatic rings. The van der Waals surface area contributed by atoms with Crippen LogP contribution in [0.4, 0.5) is 11.4 Å². The third-order valence-electron chi connectivity index (χ3n) is 5.34. The van der Waals surface area contributed by atoms with E-state index in [1.807, 2.05) is 0 Å². The number of benzene rings is 2. The number of hydrogen-bond donors (Lipinski definition) is 1. The summed E-state index contributed by atoms with van der Waals surface area (Å²) >= 11 is 0. The normalized spacial score (nSPS) is 13.6. The van der Waals surface area contributed by atoms with Crippen LogP contribution in [-0.2, 0) is 14.8 Å². The Hall–Kier alpha value is -3.07. The summed E-state index contributed by atoms with van der Waals surface area (Å²) in [7, 11) is -2.08. The van der Waals surface area contributed by atoms with E-state index < -0.39 is 10.0 Å². The van der Waals surface area contributed by atoms with Gasteiger partial charge in [-0.3, -0.25) is 13.9 Å². The van der Waals surface area contributed by atoms with Crippen LogP contribution in [0, 0.1) is 0 Å². The van der Waals surface area contributed by atoms with Gasteiger partial charge < -0.3 is 15.0 Å². The van der Waals surface area contributed by atoms with Crippen molar-refractivity contribution in [1.82, 2.24) is 4.90 Å². The minimum atomic E-state index is -3.56. The zero-order valence-corrected chi connectivity index (χ0v) is 19.2. The van der Waals surface area contributed by atoms with Crippen LogP contribution in [0.3, 0.4) is 0 Å². The average molecular weight is 460 g/mol. The third-order valence-corrected chi connectivity index (χ3v) is 6.52. The number of para-hydroxylation sites is 3. The smallest absolute Gasteiger partial charge is 0.255 e. The lowest BCUT2D eigenvalue weighted by molar-refractivity contribution is -0.116. The van der Waals surface area contributed by atoms with E-state index in [2.05, 4.69) is 5.32 Å². The predicted molar refractivity (Wildman–Crippen MR) is 125 cm³/mol. The highest BCUT2D eigenvalue weighted by Gasteiger charge is 2.23. The summed E-state index contributed by atoms with van der Waals surface area (Å²) in [4.78, 5) is 27.1. The van der Waals surface area contributed by atoms with E-state index in [1.54, 1.807) is 53.4 Å². The number of likely N-dealkylation sites (tertiary alicyclic amines) is 1. The molecule has 0 unspecified atom stereocenters. The fourth-order valence-electron chi connectivity index (χ4n) is 3.77. The van der Waals surface area contributed by atoms with E-state index in [0.29, 0.717) is 29.1 Å². The van der Waals surface area contributed by atoms with E-state index >= 15 is 0 Å². The molecule has 0 radical (unpaired) electrons. The molecule has 0 aliphatic carbocycles. The van der Waals surface area contributed by atoms with Crippen LogP contribution < -0.4 is 14.4 Å². The largest absolute Gasteiger partial charge is 0.495 e. The Labute approximate surface area is 189 Å². The van der Waals surface area contributed by atoms with Crippen LogP contribution in [0.15, 0.2) is 48.5 Å². The Kier molecular flexibility index (Phi) is 7.74. The second-order valence-electron chi connectivity index (χ2n) is 7.70. The molecule has 1 aliphatic heterocycles. The highest BCUT2D eigenvalue weighted by atomic mass is 32.2. The van der Waals surface area contributed by atoms with Gasteiger partial charge in [0, 0.05) is 26.1 Å². The highest BCUT2D eigenvalue weighted by molar-refractivity contribution is 7.92. The SMILES string of the molecule is COc1ccccc1N(CCCC(=O)Nc1ccccc1C(=O)N1CCCC1)S(C)(=O)=O. The molecule has 1 heterocycles. The number of rotatable bonds is 9. The lowest BCUT2D eigenvalue weighted by atomic mass is 10.1. The molecular weight excluding hydrogens is 430 g/mol. The Bertz CT molecular complexity index is 1060. The fourth-order valence-corrected chi connectivity index (χ4v) is 4.73. The van der Waals surface area contributed by atoms with E-state index in [9.17, 15) is 18.0 Å². The summed E-state index contributed by atoms with van der Waals surface area (Å²) in [5, 5.41) is 2.81. The number of carbonyl (C=O) groups is 2. The molecule has 0 atom stereocenters. The Morgan fingerprint density at radius 2 is 1.72 bits per heavy atom. The van der Waals surface area contributed by atoms with Crippen LogP contribution >= 0.6 is 0 Å². The summed E-state index contributed by atoms with van der Waals surface area (Å²) in [6, 6.07) is 13.8. The molecule has 8 nitrogen and oxygen atoms in total. The second kappa shape index (κ2) is 10.5. The average Bonchev–Trinajstić information content (AvgIpc) is 3.31. The number of anilines is 2. The molecule has 2 amide bonds. The lowest BCUT2D eigenvalue weighted by Gasteiger charge is -2.24. The van der Waals surface area contributed by atoms with Gasteiger partial charge in [-0.15, -0.1) is 0 Å². The van der Waals surface area contributed by atoms with Crippen LogP contribution in [0.2, 0.25) is 0 Å². The number of sulfonamides is 1. The molecule has 0 aromatic heterocycles. The Morgan fingerprint density at radius 1 is 1.06 bits per heavy atom. The van der Waals surface area contributed by atoms with E-state index in [4.69, 9.17) is 4.74 Å². The standard InChI is InChI=1S/C23H29N3O5S/c1-31-21-13-6-5-12-20(21)26(32(2,29)30)17-9-14-22(27)24-19-11-4-3-10-18(19)23(28)25-15-7-8-16-25/h3-6,10-13H,7-9,14-17H2,1-2H3,(H,24,27). The number of nitrogens with zero attached hydrogens (tertiary/aromatic N) is 2. The minimum absolute atomic E-state index is 0.0853. The maximum absolute atomic E-state index is 12.8. The molecule has 0 bridgehead atoms. The van der Waals surface area contributed by atoms with Crippen molar-refractivity contribution in [2.75, 3.05) is 42.6 Å². The van der Waals surface area contributed by atoms with Crippen molar-refractivity contribution in [3.05, 3.63) is 54.1 Å². The quantitative estimate of drug-likeness (QED) is 0.622. The first kappa shape index (κ1) is 23.6. The molecule has 172 valence electrons. The maximum atomic E-state index is 12.8. The molecule has 9 heteroatoms. The molecule has 1 saturated heterocycles. The molecule has 2 aromatic carbocycles. The van der Waals surface area contributed by atoms with Gasteiger partial charge in [-0.2, -0.15) is 0 Å². The summed E-state index contributed by atoms with van der Waals surface area (Å²) in [6.07, 6.45) is 3.51. The number of nitrogens with one attached hydrogen (secondary N) is 1. The molecule has 0 spiro atoms. The first-order chi connectivity index (χ1) is 15.3. The van der Waals surface area contributed by atoms with Crippen molar-refractivity contribution >= 4 is 33.2 Å². The molecule has 1 aliphatic rings. The van der Waals surface area contributed by atoms with Crippen molar-refractivity contribution in [2.45, 2.75) is 25.7 Å². The first-order valence-corrected chi connectivity index (χ1v) is 12.4. The topological polar surface area (TPSA) is 96.0 Å². The van der Waals surface area contributed by atoms with Crippen LogP contribution in [0.25, 0.3) is 0 Å². The maximum Gasteiger partial charge on any atom is 0.255 e. The van der Waals surface area contributed by atoms with Gasteiger partial charge in [0.25, 0.3) is 5.91 Å². The van der Waals surface area contributed by atoms with Gasteiger partial charge in [-0.25, -0.2) is 8.42 Å². The number of methoxy groups -OCH3 is 1. The van der Waals surface area contributed by atoms with E-state index in [1.165, 1.54) is 11.4 Å². The molecule has 0 saturated carbocycles. The van der Waals surface area contributed by atoms with Gasteiger partial charge in [-0.1, -0.05) is 24.3 Å². The van der Waals surface area contributed by atoms with Crippen LogP contribution in [0.5, 0.6) is 5.75 Å². The zero-order valence-electron chi connectivity index (χ0n) is 18.4. The first-order valence-electron chi connectivity index (χ1n) is 10.6. The zero-order chi connectivity index (χ0) is 23.1. The number of hydrogen-bond acceptors (Lipinski definition) is 5. The van der Waals surface area contributed by atoms with E-state index in [0.717, 1.165) is 32.2 Å². The van der Waals surface area contributed by atoms with Gasteiger partial charge in [0.15, 0.2) is 0 Å². The van der Waals surface area contributed by atoms with Crippen molar-refractivity contribution in [3.63, 3.8) is 0 Å². The van der Waals surface area contributed by atoms with Gasteiger partial charge in [0.05, 0.1) is 30.3 Å². The molecule has 1 fully saturated rings. The van der Waals surface area contributed by atoms with Crippen molar-refractivity contribution in [2.24, 2.45) is 0 Å². The third kappa shape index (κ3) is 5.79. The summed E-state index contributed by atoms with van der Waals surface area (Å²) in [5.41, 5.74) is 1.37. The van der Waals surface area contributed by atoms with Crippen LogP contribution in [0.1, 0.15) is 36.0 Å². The number of ether oxygens (including phenoxy) is 1. The summed E-state index contributed by atoms with van der Waals surface area (Å²) < 4.78 is 31.2. The van der Waals surface area contributed by atoms with E-state index in [-0.39, 0.29) is 24.8 Å². The number of amides is 2. The van der Waals surface area contributed by atoms with Crippen molar-refractivity contribution in [3.8, 4) is 5.75 Å². The monoisotopic (exact) mass is 459 g/mol. The fraction of sp³-hybridized carbons (Fsp3) is 0.391. The van der Waals surface area contributed by atoms with Gasteiger partial charge in [0.1, 0.15) is 5.75 Å². The second-order valence-corrected chi connectivity index (χ2v) is 9.61. The highest BCUT2D eigenvalue weighted by Crippen LogP contribution is 2.29. The van der Waals surface area contributed by atoms with Gasteiger partial charge in [-0.05, 0) is 43.5 Å². The van der Waals surface area contributed by atoms with Gasteiger partial charge in [0.2, 0.25) is 15.9 Å². The number of carbonyl (C=O) groups excluding carboxylic acids is 2. The summed E-state index contributed by atoms with van der Waals surface area (Å²) in [6.45, 7) is 1.58. The molecular formula is C23H29N3O5S.